The zero-order chi connectivity index (χ0) is 13.2. The number of rotatable bonds is 2. The summed E-state index contributed by atoms with van der Waals surface area (Å²) in [6.45, 7) is 2.87. The quantitative estimate of drug-likeness (QED) is 0.855. The van der Waals surface area contributed by atoms with Crippen LogP contribution >= 0.6 is 15.9 Å². The van der Waals surface area contributed by atoms with Gasteiger partial charge < -0.3 is 10.1 Å². The zero-order valence-electron chi connectivity index (χ0n) is 9.56. The maximum absolute atomic E-state index is 13.9. The number of hydrogen-bond acceptors (Lipinski definition) is 3. The summed E-state index contributed by atoms with van der Waals surface area (Å²) in [5.41, 5.74) is 0.347. The van der Waals surface area contributed by atoms with Crippen molar-refractivity contribution in [3.63, 3.8) is 0 Å². The Balaban J connectivity index is 3.45. The van der Waals surface area contributed by atoms with E-state index in [9.17, 15) is 14.0 Å². The number of anilines is 1. The first-order valence-corrected chi connectivity index (χ1v) is 5.52. The predicted molar refractivity (Wildman–Crippen MR) is 64.5 cm³/mol. The lowest BCUT2D eigenvalue weighted by Gasteiger charge is -2.12. The molecule has 1 amide bonds. The molecule has 1 N–H and O–H groups in total. The minimum absolute atomic E-state index is 0.0131. The topological polar surface area (TPSA) is 55.4 Å². The summed E-state index contributed by atoms with van der Waals surface area (Å²) >= 11 is 3.05. The third-order valence-corrected chi connectivity index (χ3v) is 3.07. The van der Waals surface area contributed by atoms with Crippen molar-refractivity contribution in [2.45, 2.75) is 13.8 Å². The van der Waals surface area contributed by atoms with Crippen molar-refractivity contribution in [2.24, 2.45) is 0 Å². The largest absolute Gasteiger partial charge is 0.465 e. The van der Waals surface area contributed by atoms with Gasteiger partial charge in [-0.15, -0.1) is 0 Å². The molecule has 1 aromatic carbocycles. The Bertz CT molecular complexity index is 488. The lowest BCUT2D eigenvalue weighted by Crippen LogP contribution is -2.14. The molecule has 0 aliphatic rings. The standard InChI is InChI=1S/C11H11BrFNO3/c1-5-4-7(11(16)17-3)10(14-6(2)15)9(13)8(5)12/h4H,1-3H3,(H,14,15). The van der Waals surface area contributed by atoms with Gasteiger partial charge in [-0.25, -0.2) is 9.18 Å². The van der Waals surface area contributed by atoms with Crippen LogP contribution in [-0.2, 0) is 9.53 Å². The van der Waals surface area contributed by atoms with Crippen LogP contribution in [0.25, 0.3) is 0 Å². The van der Waals surface area contributed by atoms with Crippen molar-refractivity contribution < 1.29 is 18.7 Å². The average Bonchev–Trinajstić information content (AvgIpc) is 2.28. The summed E-state index contributed by atoms with van der Waals surface area (Å²) in [5, 5.41) is 2.28. The van der Waals surface area contributed by atoms with Crippen LogP contribution in [0.1, 0.15) is 22.8 Å². The summed E-state index contributed by atoms with van der Waals surface area (Å²) in [4.78, 5) is 22.5. The highest BCUT2D eigenvalue weighted by Crippen LogP contribution is 2.30. The Kier molecular flexibility index (Phi) is 4.22. The number of esters is 1. The molecule has 17 heavy (non-hydrogen) atoms. The van der Waals surface area contributed by atoms with Crippen LogP contribution in [0.4, 0.5) is 10.1 Å². The molecule has 4 nitrogen and oxygen atoms in total. The second-order valence-corrected chi connectivity index (χ2v) is 4.21. The van der Waals surface area contributed by atoms with E-state index in [1.807, 2.05) is 0 Å². The van der Waals surface area contributed by atoms with Crippen molar-refractivity contribution in [1.29, 1.82) is 0 Å². The van der Waals surface area contributed by atoms with Crippen molar-refractivity contribution in [2.75, 3.05) is 12.4 Å². The summed E-state index contributed by atoms with van der Waals surface area (Å²) in [5.74, 6) is -1.87. The number of ether oxygens (including phenoxy) is 1. The second-order valence-electron chi connectivity index (χ2n) is 3.42. The molecule has 92 valence electrons. The van der Waals surface area contributed by atoms with Gasteiger partial charge in [-0.05, 0) is 34.5 Å². The van der Waals surface area contributed by atoms with Gasteiger partial charge in [0.1, 0.15) is 0 Å². The van der Waals surface area contributed by atoms with Crippen molar-refractivity contribution in [1.82, 2.24) is 0 Å². The Morgan fingerprint density at radius 2 is 2.06 bits per heavy atom. The predicted octanol–water partition coefficient (Wildman–Crippen LogP) is 2.64. The number of benzene rings is 1. The minimum atomic E-state index is -0.705. The van der Waals surface area contributed by atoms with E-state index in [1.54, 1.807) is 6.92 Å². The molecule has 0 saturated carbocycles. The number of amides is 1. The fourth-order valence-corrected chi connectivity index (χ4v) is 1.64. The summed E-state index contributed by atoms with van der Waals surface area (Å²) in [7, 11) is 1.19. The fourth-order valence-electron chi connectivity index (χ4n) is 1.32. The maximum Gasteiger partial charge on any atom is 0.340 e. The van der Waals surface area contributed by atoms with E-state index in [-0.39, 0.29) is 15.7 Å². The van der Waals surface area contributed by atoms with Gasteiger partial charge in [0.25, 0.3) is 0 Å². The lowest BCUT2D eigenvalue weighted by molar-refractivity contribution is -0.114. The highest BCUT2D eigenvalue weighted by molar-refractivity contribution is 9.10. The molecule has 0 fully saturated rings. The molecule has 0 heterocycles. The van der Waals surface area contributed by atoms with E-state index >= 15 is 0 Å². The highest BCUT2D eigenvalue weighted by atomic mass is 79.9. The van der Waals surface area contributed by atoms with Gasteiger partial charge >= 0.3 is 5.97 Å². The first kappa shape index (κ1) is 13.6. The van der Waals surface area contributed by atoms with Crippen molar-refractivity contribution >= 4 is 33.5 Å². The molecule has 1 rings (SSSR count). The summed E-state index contributed by atoms with van der Waals surface area (Å²) in [6.07, 6.45) is 0. The Labute approximate surface area is 106 Å². The van der Waals surface area contributed by atoms with Gasteiger partial charge in [-0.2, -0.15) is 0 Å². The molecule has 0 atom stereocenters. The second kappa shape index (κ2) is 5.27. The molecule has 0 unspecified atom stereocenters. The molecule has 1 aromatic rings. The van der Waals surface area contributed by atoms with E-state index in [4.69, 9.17) is 0 Å². The molecule has 0 saturated heterocycles. The van der Waals surface area contributed by atoms with E-state index in [2.05, 4.69) is 26.0 Å². The van der Waals surface area contributed by atoms with Crippen LogP contribution in [0.15, 0.2) is 10.5 Å². The van der Waals surface area contributed by atoms with E-state index in [0.717, 1.165) is 0 Å². The van der Waals surface area contributed by atoms with Crippen LogP contribution in [0.2, 0.25) is 0 Å². The fraction of sp³-hybridized carbons (Fsp3) is 0.273. The third-order valence-electron chi connectivity index (χ3n) is 2.09. The number of carbonyl (C=O) groups excluding carboxylic acids is 2. The lowest BCUT2D eigenvalue weighted by atomic mass is 10.1. The molecule has 0 bridgehead atoms. The van der Waals surface area contributed by atoms with Gasteiger partial charge in [0, 0.05) is 6.92 Å². The molecule has 0 spiro atoms. The molecule has 6 heteroatoms. The van der Waals surface area contributed by atoms with Crippen LogP contribution in [0.3, 0.4) is 0 Å². The monoisotopic (exact) mass is 303 g/mol. The number of halogens is 2. The number of carbonyl (C=O) groups is 2. The van der Waals surface area contributed by atoms with Gasteiger partial charge in [-0.1, -0.05) is 0 Å². The molecular formula is C11H11BrFNO3. The average molecular weight is 304 g/mol. The first-order valence-electron chi connectivity index (χ1n) is 4.73. The van der Waals surface area contributed by atoms with Gasteiger partial charge in [0.2, 0.25) is 5.91 Å². The van der Waals surface area contributed by atoms with Gasteiger partial charge in [-0.3, -0.25) is 4.79 Å². The Morgan fingerprint density at radius 3 is 2.53 bits per heavy atom. The zero-order valence-corrected chi connectivity index (χ0v) is 11.1. The van der Waals surface area contributed by atoms with Gasteiger partial charge in [0.15, 0.2) is 5.82 Å². The van der Waals surface area contributed by atoms with Gasteiger partial charge in [0.05, 0.1) is 22.8 Å². The molecule has 0 aliphatic heterocycles. The van der Waals surface area contributed by atoms with E-state index in [1.165, 1.54) is 20.1 Å². The van der Waals surface area contributed by atoms with Crippen molar-refractivity contribution in [3.8, 4) is 0 Å². The molecule has 0 aliphatic carbocycles. The van der Waals surface area contributed by atoms with E-state index < -0.39 is 17.7 Å². The summed E-state index contributed by atoms with van der Waals surface area (Å²) in [6, 6.07) is 1.45. The molecular weight excluding hydrogens is 293 g/mol. The summed E-state index contributed by atoms with van der Waals surface area (Å²) < 4.78 is 18.6. The number of nitrogens with one attached hydrogen (secondary N) is 1. The Morgan fingerprint density at radius 1 is 1.47 bits per heavy atom. The SMILES string of the molecule is COC(=O)c1cc(C)c(Br)c(F)c1NC(C)=O. The van der Waals surface area contributed by atoms with E-state index in [0.29, 0.717) is 5.56 Å². The Hall–Kier alpha value is -1.43. The maximum atomic E-state index is 13.9. The number of aryl methyl sites for hydroxylation is 1. The molecule has 0 aromatic heterocycles. The first-order chi connectivity index (χ1) is 7.88. The smallest absolute Gasteiger partial charge is 0.340 e. The highest BCUT2D eigenvalue weighted by Gasteiger charge is 2.20. The van der Waals surface area contributed by atoms with Crippen molar-refractivity contribution in [3.05, 3.63) is 27.5 Å². The van der Waals surface area contributed by atoms with Crippen LogP contribution in [-0.4, -0.2) is 19.0 Å². The van der Waals surface area contributed by atoms with Crippen LogP contribution in [0, 0.1) is 12.7 Å². The number of methoxy groups -OCH3 is 1. The molecule has 0 radical (unpaired) electrons. The normalized spacial score (nSPS) is 9.94. The van der Waals surface area contributed by atoms with Crippen LogP contribution < -0.4 is 5.32 Å². The minimum Gasteiger partial charge on any atom is -0.465 e. The van der Waals surface area contributed by atoms with Crippen LogP contribution in [0.5, 0.6) is 0 Å². The number of hydrogen-bond donors (Lipinski definition) is 1. The third kappa shape index (κ3) is 2.82.